The van der Waals surface area contributed by atoms with E-state index in [2.05, 4.69) is 5.10 Å². The molecule has 1 aliphatic heterocycles. The van der Waals surface area contributed by atoms with E-state index in [1.54, 1.807) is 0 Å². The summed E-state index contributed by atoms with van der Waals surface area (Å²) in [6, 6.07) is 0.419. The van der Waals surface area contributed by atoms with Gasteiger partial charge in [0.15, 0.2) is 9.84 Å². The quantitative estimate of drug-likeness (QED) is 0.799. The van der Waals surface area contributed by atoms with E-state index in [4.69, 9.17) is 5.73 Å². The highest BCUT2D eigenvalue weighted by Crippen LogP contribution is 2.38. The zero-order valence-electron chi connectivity index (χ0n) is 9.02. The van der Waals surface area contributed by atoms with Crippen LogP contribution >= 0.6 is 0 Å². The largest absolute Gasteiger partial charge is 0.325 e. The van der Waals surface area contributed by atoms with Crippen LogP contribution in [0.25, 0.3) is 0 Å². The van der Waals surface area contributed by atoms with Gasteiger partial charge in [0.25, 0.3) is 0 Å². The van der Waals surface area contributed by atoms with Gasteiger partial charge in [0.05, 0.1) is 28.9 Å². The van der Waals surface area contributed by atoms with Crippen LogP contribution in [0, 0.1) is 0 Å². The summed E-state index contributed by atoms with van der Waals surface area (Å²) in [5.41, 5.74) is 8.52. The summed E-state index contributed by atoms with van der Waals surface area (Å²) in [4.78, 5) is 0. The second-order valence-corrected chi connectivity index (χ2v) is 6.78. The Morgan fingerprint density at radius 1 is 1.44 bits per heavy atom. The summed E-state index contributed by atoms with van der Waals surface area (Å²) in [6.07, 6.45) is 2.80. The first-order valence-corrected chi connectivity index (χ1v) is 7.42. The van der Waals surface area contributed by atoms with Crippen LogP contribution in [0.3, 0.4) is 0 Å². The van der Waals surface area contributed by atoms with Gasteiger partial charge in [-0.15, -0.1) is 0 Å². The third-order valence-electron chi connectivity index (χ3n) is 3.31. The van der Waals surface area contributed by atoms with E-state index in [1.807, 2.05) is 4.68 Å². The van der Waals surface area contributed by atoms with Crippen LogP contribution in [0.5, 0.6) is 0 Å². The molecular formula is C10H15N3O2S. The van der Waals surface area contributed by atoms with Crippen molar-refractivity contribution in [2.75, 3.05) is 5.75 Å². The summed E-state index contributed by atoms with van der Waals surface area (Å²) in [6.45, 7) is 0.405. The van der Waals surface area contributed by atoms with Gasteiger partial charge in [-0.05, 0) is 24.8 Å². The van der Waals surface area contributed by atoms with Crippen LogP contribution in [0.1, 0.15) is 35.8 Å². The molecule has 0 saturated heterocycles. The summed E-state index contributed by atoms with van der Waals surface area (Å²) < 4.78 is 25.2. The van der Waals surface area contributed by atoms with Crippen LogP contribution in [0.2, 0.25) is 0 Å². The van der Waals surface area contributed by atoms with Crippen LogP contribution < -0.4 is 5.73 Å². The molecule has 0 amide bonds. The Hall–Kier alpha value is -0.880. The zero-order chi connectivity index (χ0) is 11.3. The molecule has 6 heteroatoms. The first kappa shape index (κ1) is 10.3. The molecule has 2 aliphatic rings. The number of aromatic nitrogens is 2. The molecule has 0 spiro atoms. The van der Waals surface area contributed by atoms with E-state index in [1.165, 1.54) is 0 Å². The fourth-order valence-corrected chi connectivity index (χ4v) is 3.70. The molecular weight excluding hydrogens is 226 g/mol. The highest BCUT2D eigenvalue weighted by molar-refractivity contribution is 7.90. The molecule has 0 bridgehead atoms. The van der Waals surface area contributed by atoms with Crippen molar-refractivity contribution in [1.82, 2.24) is 9.78 Å². The summed E-state index contributed by atoms with van der Waals surface area (Å²) in [5, 5.41) is 4.47. The van der Waals surface area contributed by atoms with Crippen molar-refractivity contribution in [2.24, 2.45) is 5.73 Å². The monoisotopic (exact) mass is 241 g/mol. The van der Waals surface area contributed by atoms with Crippen LogP contribution in [-0.2, 0) is 28.6 Å². The van der Waals surface area contributed by atoms with Gasteiger partial charge in [-0.2, -0.15) is 5.10 Å². The highest BCUT2D eigenvalue weighted by Gasteiger charge is 2.34. The molecule has 0 unspecified atom stereocenters. The molecule has 0 aromatic carbocycles. The minimum atomic E-state index is -2.92. The Kier molecular flexibility index (Phi) is 2.12. The molecule has 1 aromatic heterocycles. The summed E-state index contributed by atoms with van der Waals surface area (Å²) >= 11 is 0. The first-order chi connectivity index (χ1) is 7.61. The number of nitrogens with zero attached hydrogens (tertiary/aromatic N) is 2. The van der Waals surface area contributed by atoms with Crippen molar-refractivity contribution in [3.63, 3.8) is 0 Å². The van der Waals surface area contributed by atoms with Crippen molar-refractivity contribution >= 4 is 9.84 Å². The Morgan fingerprint density at radius 2 is 2.19 bits per heavy atom. The SMILES string of the molecule is NCc1nn(C2CC2)c2c1CCS(=O)(=O)C2. The van der Waals surface area contributed by atoms with Crippen molar-refractivity contribution in [2.45, 2.75) is 37.6 Å². The predicted molar refractivity (Wildman–Crippen MR) is 59.6 cm³/mol. The molecule has 5 nitrogen and oxygen atoms in total. The molecule has 1 fully saturated rings. The van der Waals surface area contributed by atoms with Gasteiger partial charge in [-0.1, -0.05) is 0 Å². The molecule has 0 radical (unpaired) electrons. The average molecular weight is 241 g/mol. The molecule has 2 heterocycles. The lowest BCUT2D eigenvalue weighted by atomic mass is 10.1. The second-order valence-electron chi connectivity index (χ2n) is 4.59. The number of fused-ring (bicyclic) bond motifs is 1. The van der Waals surface area contributed by atoms with E-state index in [9.17, 15) is 8.42 Å². The normalized spacial score (nSPS) is 23.1. The van der Waals surface area contributed by atoms with Gasteiger partial charge in [0.2, 0.25) is 0 Å². The minimum Gasteiger partial charge on any atom is -0.325 e. The maximum absolute atomic E-state index is 11.6. The standard InChI is InChI=1S/C10H15N3O2S/c11-5-9-8-3-4-16(14,15)6-10(8)13(12-9)7-1-2-7/h7H,1-6,11H2. The molecule has 1 aromatic rings. The van der Waals surface area contributed by atoms with Crippen LogP contribution in [0.15, 0.2) is 0 Å². The van der Waals surface area contributed by atoms with E-state index < -0.39 is 9.84 Å². The first-order valence-electron chi connectivity index (χ1n) is 5.60. The third kappa shape index (κ3) is 1.56. The van der Waals surface area contributed by atoms with E-state index >= 15 is 0 Å². The van der Waals surface area contributed by atoms with Crippen molar-refractivity contribution in [1.29, 1.82) is 0 Å². The lowest BCUT2D eigenvalue weighted by Crippen LogP contribution is -2.21. The zero-order valence-corrected chi connectivity index (χ0v) is 9.83. The van der Waals surface area contributed by atoms with Crippen LogP contribution in [-0.4, -0.2) is 24.0 Å². The maximum atomic E-state index is 11.6. The summed E-state index contributed by atoms with van der Waals surface area (Å²) in [5.74, 6) is 0.384. The van der Waals surface area contributed by atoms with E-state index in [0.29, 0.717) is 19.0 Å². The molecule has 88 valence electrons. The molecule has 2 N–H and O–H groups in total. The fourth-order valence-electron chi connectivity index (χ4n) is 2.32. The van der Waals surface area contributed by atoms with Gasteiger partial charge >= 0.3 is 0 Å². The Balaban J connectivity index is 2.11. The smallest absolute Gasteiger partial charge is 0.156 e. The molecule has 3 rings (SSSR count). The predicted octanol–water partition coefficient (Wildman–Crippen LogP) is 0.148. The summed E-state index contributed by atoms with van der Waals surface area (Å²) in [7, 11) is -2.92. The highest BCUT2D eigenvalue weighted by atomic mass is 32.2. The van der Waals surface area contributed by atoms with Crippen molar-refractivity contribution in [3.8, 4) is 0 Å². The second kappa shape index (κ2) is 3.30. The topological polar surface area (TPSA) is 78.0 Å². The molecule has 1 aliphatic carbocycles. The van der Waals surface area contributed by atoms with Gasteiger partial charge < -0.3 is 5.73 Å². The van der Waals surface area contributed by atoms with Crippen LogP contribution in [0.4, 0.5) is 0 Å². The average Bonchev–Trinajstić information content (AvgIpc) is 3.00. The van der Waals surface area contributed by atoms with Gasteiger partial charge in [-0.3, -0.25) is 4.68 Å². The number of hydrogen-bond acceptors (Lipinski definition) is 4. The lowest BCUT2D eigenvalue weighted by Gasteiger charge is -2.14. The van der Waals surface area contributed by atoms with Gasteiger partial charge in [-0.25, -0.2) is 8.42 Å². The van der Waals surface area contributed by atoms with Gasteiger partial charge in [0.1, 0.15) is 0 Å². The molecule has 0 atom stereocenters. The maximum Gasteiger partial charge on any atom is 0.156 e. The minimum absolute atomic E-state index is 0.145. The number of nitrogens with two attached hydrogens (primary N) is 1. The lowest BCUT2D eigenvalue weighted by molar-refractivity contribution is 0.576. The van der Waals surface area contributed by atoms with E-state index in [0.717, 1.165) is 29.8 Å². The number of rotatable bonds is 2. The van der Waals surface area contributed by atoms with E-state index in [-0.39, 0.29) is 11.5 Å². The fraction of sp³-hybridized carbons (Fsp3) is 0.700. The Morgan fingerprint density at radius 3 is 2.81 bits per heavy atom. The third-order valence-corrected chi connectivity index (χ3v) is 4.85. The van der Waals surface area contributed by atoms with Crippen molar-refractivity contribution in [3.05, 3.63) is 17.0 Å². The van der Waals surface area contributed by atoms with Gasteiger partial charge in [0, 0.05) is 6.54 Å². The Labute approximate surface area is 94.5 Å². The molecule has 16 heavy (non-hydrogen) atoms. The van der Waals surface area contributed by atoms with Crippen molar-refractivity contribution < 1.29 is 8.42 Å². The molecule has 1 saturated carbocycles. The number of sulfone groups is 1. The Bertz CT molecular complexity index is 529. The number of hydrogen-bond donors (Lipinski definition) is 1.